The molecule has 3 aliphatic rings. The van der Waals surface area contributed by atoms with E-state index in [0.717, 1.165) is 50.3 Å². The Morgan fingerprint density at radius 1 is 1.04 bits per heavy atom. The molecule has 1 aromatic rings. The van der Waals surface area contributed by atoms with Crippen LogP contribution in [0.4, 0.5) is 16.3 Å². The maximum atomic E-state index is 12.7. The Morgan fingerprint density at radius 3 is 2.48 bits per heavy atom. The molecule has 1 aromatic heterocycles. The monoisotopic (exact) mass is 373 g/mol. The number of carbonyl (C=O) groups is 2. The van der Waals surface area contributed by atoms with Gasteiger partial charge in [0.1, 0.15) is 6.10 Å². The fourth-order valence-electron chi connectivity index (χ4n) is 3.98. The molecule has 3 saturated heterocycles. The molecule has 0 unspecified atom stereocenters. The van der Waals surface area contributed by atoms with Crippen molar-refractivity contribution in [1.29, 1.82) is 0 Å². The van der Waals surface area contributed by atoms with Crippen LogP contribution in [0.25, 0.3) is 0 Å². The molecule has 4 heterocycles. The number of piperazine rings is 1. The first-order valence-corrected chi connectivity index (χ1v) is 9.88. The van der Waals surface area contributed by atoms with Gasteiger partial charge in [0.15, 0.2) is 5.82 Å². The summed E-state index contributed by atoms with van der Waals surface area (Å²) in [4.78, 5) is 35.4. The molecule has 3 fully saturated rings. The van der Waals surface area contributed by atoms with Crippen molar-refractivity contribution in [3.63, 3.8) is 0 Å². The van der Waals surface area contributed by atoms with Crippen molar-refractivity contribution in [2.45, 2.75) is 31.8 Å². The second kappa shape index (κ2) is 8.12. The van der Waals surface area contributed by atoms with Crippen LogP contribution in [-0.2, 0) is 9.53 Å². The summed E-state index contributed by atoms with van der Waals surface area (Å²) in [5, 5.41) is 3.01. The first-order chi connectivity index (χ1) is 13.2. The zero-order chi connectivity index (χ0) is 18.6. The van der Waals surface area contributed by atoms with E-state index < -0.39 is 0 Å². The molecule has 8 heteroatoms. The smallest absolute Gasteiger partial charge is 0.322 e. The van der Waals surface area contributed by atoms with E-state index in [1.807, 2.05) is 17.0 Å². The first-order valence-electron chi connectivity index (χ1n) is 9.88. The van der Waals surface area contributed by atoms with Crippen molar-refractivity contribution in [2.24, 2.45) is 0 Å². The number of carbonyl (C=O) groups excluding carboxylic acids is 2. The van der Waals surface area contributed by atoms with Gasteiger partial charge in [-0.1, -0.05) is 0 Å². The number of rotatable bonds is 3. The van der Waals surface area contributed by atoms with E-state index in [1.165, 1.54) is 0 Å². The predicted molar refractivity (Wildman–Crippen MR) is 102 cm³/mol. The number of hydrogen-bond donors (Lipinski definition) is 1. The number of aromatic nitrogens is 1. The van der Waals surface area contributed by atoms with Gasteiger partial charge in [-0.05, 0) is 37.8 Å². The molecule has 3 amide bonds. The van der Waals surface area contributed by atoms with Crippen molar-refractivity contribution in [1.82, 2.24) is 14.8 Å². The fraction of sp³-hybridized carbons (Fsp3) is 0.632. The molecule has 8 nitrogen and oxygen atoms in total. The van der Waals surface area contributed by atoms with Crippen LogP contribution in [0.3, 0.4) is 0 Å². The molecule has 0 bridgehead atoms. The topological polar surface area (TPSA) is 78.0 Å². The van der Waals surface area contributed by atoms with E-state index in [2.05, 4.69) is 15.2 Å². The minimum atomic E-state index is -0.288. The fourth-order valence-corrected chi connectivity index (χ4v) is 3.98. The summed E-state index contributed by atoms with van der Waals surface area (Å²) in [6.07, 6.45) is 5.54. The molecule has 146 valence electrons. The second-order valence-electron chi connectivity index (χ2n) is 7.31. The molecule has 0 aromatic carbocycles. The number of anilines is 2. The number of urea groups is 1. The minimum Gasteiger partial charge on any atom is -0.368 e. The standard InChI is InChI=1S/C19H27N5O3/c25-18(16-6-4-14-27-16)23-10-12-24(13-11-23)19(26)21-15-5-3-7-20-17(15)22-8-1-2-9-22/h3,5,7,16H,1-2,4,6,8-14H2,(H,21,26)/t16-/m0/s1. The summed E-state index contributed by atoms with van der Waals surface area (Å²) in [6.45, 7) is 4.79. The average molecular weight is 373 g/mol. The van der Waals surface area contributed by atoms with Gasteiger partial charge < -0.3 is 24.8 Å². The van der Waals surface area contributed by atoms with E-state index >= 15 is 0 Å². The molecule has 0 aliphatic carbocycles. The summed E-state index contributed by atoms with van der Waals surface area (Å²) < 4.78 is 5.49. The van der Waals surface area contributed by atoms with Crippen LogP contribution in [0.1, 0.15) is 25.7 Å². The number of ether oxygens (including phenoxy) is 1. The second-order valence-corrected chi connectivity index (χ2v) is 7.31. The van der Waals surface area contributed by atoms with E-state index in [9.17, 15) is 9.59 Å². The molecule has 4 rings (SSSR count). The predicted octanol–water partition coefficient (Wildman–Crippen LogP) is 1.54. The highest BCUT2D eigenvalue weighted by molar-refractivity contribution is 5.92. The highest BCUT2D eigenvalue weighted by atomic mass is 16.5. The van der Waals surface area contributed by atoms with Crippen LogP contribution >= 0.6 is 0 Å². The van der Waals surface area contributed by atoms with Crippen LogP contribution in [-0.4, -0.2) is 78.7 Å². The highest BCUT2D eigenvalue weighted by Gasteiger charge is 2.31. The third kappa shape index (κ3) is 4.00. The first kappa shape index (κ1) is 18.0. The largest absolute Gasteiger partial charge is 0.368 e. The average Bonchev–Trinajstić information content (AvgIpc) is 3.42. The molecule has 3 aliphatic heterocycles. The van der Waals surface area contributed by atoms with Crippen molar-refractivity contribution < 1.29 is 14.3 Å². The van der Waals surface area contributed by atoms with Crippen LogP contribution in [0, 0.1) is 0 Å². The number of nitrogens with one attached hydrogen (secondary N) is 1. The van der Waals surface area contributed by atoms with E-state index in [4.69, 9.17) is 4.74 Å². The minimum absolute atomic E-state index is 0.0659. The Labute approximate surface area is 159 Å². The van der Waals surface area contributed by atoms with Crippen molar-refractivity contribution in [3.05, 3.63) is 18.3 Å². The van der Waals surface area contributed by atoms with Crippen LogP contribution in [0.5, 0.6) is 0 Å². The van der Waals surface area contributed by atoms with Gasteiger partial charge in [-0.15, -0.1) is 0 Å². The Balaban J connectivity index is 1.33. The zero-order valence-electron chi connectivity index (χ0n) is 15.6. The SMILES string of the molecule is O=C(Nc1cccnc1N1CCCC1)N1CCN(C(=O)[C@@H]2CCCO2)CC1. The molecule has 0 spiro atoms. The van der Waals surface area contributed by atoms with Gasteiger partial charge in [0.2, 0.25) is 0 Å². The zero-order valence-corrected chi connectivity index (χ0v) is 15.6. The number of hydrogen-bond acceptors (Lipinski definition) is 5. The molecule has 1 N–H and O–H groups in total. The number of pyridine rings is 1. The molecular formula is C19H27N5O3. The van der Waals surface area contributed by atoms with Gasteiger partial charge in [-0.25, -0.2) is 9.78 Å². The van der Waals surface area contributed by atoms with Crippen molar-refractivity contribution in [3.8, 4) is 0 Å². The lowest BCUT2D eigenvalue weighted by Crippen LogP contribution is -2.53. The van der Waals surface area contributed by atoms with E-state index in [-0.39, 0.29) is 18.0 Å². The van der Waals surface area contributed by atoms with Gasteiger partial charge in [0.25, 0.3) is 5.91 Å². The van der Waals surface area contributed by atoms with Crippen molar-refractivity contribution >= 4 is 23.4 Å². The maximum absolute atomic E-state index is 12.7. The lowest BCUT2D eigenvalue weighted by Gasteiger charge is -2.35. The van der Waals surface area contributed by atoms with Crippen LogP contribution < -0.4 is 10.2 Å². The lowest BCUT2D eigenvalue weighted by molar-refractivity contribution is -0.142. The normalized spacial score (nSPS) is 23.0. The number of nitrogens with zero attached hydrogens (tertiary/aromatic N) is 4. The molecule has 1 atom stereocenters. The van der Waals surface area contributed by atoms with Gasteiger partial charge in [-0.3, -0.25) is 4.79 Å². The summed E-state index contributed by atoms with van der Waals surface area (Å²) >= 11 is 0. The Hall–Kier alpha value is -2.35. The molecule has 27 heavy (non-hydrogen) atoms. The highest BCUT2D eigenvalue weighted by Crippen LogP contribution is 2.26. The van der Waals surface area contributed by atoms with Crippen molar-refractivity contribution in [2.75, 3.05) is 56.1 Å². The quantitative estimate of drug-likeness (QED) is 0.870. The number of amides is 3. The van der Waals surface area contributed by atoms with Crippen LogP contribution in [0.2, 0.25) is 0 Å². The molecular weight excluding hydrogens is 346 g/mol. The Morgan fingerprint density at radius 2 is 1.78 bits per heavy atom. The Bertz CT molecular complexity index is 678. The summed E-state index contributed by atoms with van der Waals surface area (Å²) in [5.74, 6) is 0.909. The summed E-state index contributed by atoms with van der Waals surface area (Å²) in [6, 6.07) is 3.61. The maximum Gasteiger partial charge on any atom is 0.322 e. The van der Waals surface area contributed by atoms with Crippen LogP contribution in [0.15, 0.2) is 18.3 Å². The van der Waals surface area contributed by atoms with Gasteiger partial charge in [-0.2, -0.15) is 0 Å². The third-order valence-electron chi connectivity index (χ3n) is 5.52. The summed E-state index contributed by atoms with van der Waals surface area (Å²) in [5.41, 5.74) is 0.752. The lowest BCUT2D eigenvalue weighted by atomic mass is 10.2. The molecule has 0 saturated carbocycles. The third-order valence-corrected chi connectivity index (χ3v) is 5.52. The van der Waals surface area contributed by atoms with Gasteiger partial charge >= 0.3 is 6.03 Å². The summed E-state index contributed by atoms with van der Waals surface area (Å²) in [7, 11) is 0. The Kier molecular flexibility index (Phi) is 5.42. The van der Waals surface area contributed by atoms with Gasteiger partial charge in [0, 0.05) is 52.1 Å². The van der Waals surface area contributed by atoms with E-state index in [0.29, 0.717) is 32.8 Å². The van der Waals surface area contributed by atoms with Gasteiger partial charge in [0.05, 0.1) is 5.69 Å². The molecule has 0 radical (unpaired) electrons. The van der Waals surface area contributed by atoms with E-state index in [1.54, 1.807) is 11.1 Å².